The summed E-state index contributed by atoms with van der Waals surface area (Å²) in [6.07, 6.45) is 1.75. The Labute approximate surface area is 154 Å². The molecule has 0 aromatic heterocycles. The minimum atomic E-state index is 0.591. The summed E-state index contributed by atoms with van der Waals surface area (Å²) < 4.78 is 16.9. The number of hydrazone groups is 1. The smallest absolute Gasteiger partial charge is 0.170 e. The Bertz CT molecular complexity index is 701. The van der Waals surface area contributed by atoms with Crippen LogP contribution in [0.15, 0.2) is 53.6 Å². The maximum Gasteiger partial charge on any atom is 0.170 e. The number of morpholine rings is 1. The molecule has 2 aromatic rings. The molecule has 1 N–H and O–H groups in total. The number of hydrogen-bond donors (Lipinski definition) is 1. The van der Waals surface area contributed by atoms with Gasteiger partial charge in [0.25, 0.3) is 0 Å². The fraction of sp³-hybridized carbons (Fsp3) is 0.350. The van der Waals surface area contributed by atoms with E-state index >= 15 is 0 Å². The molecule has 1 saturated heterocycles. The van der Waals surface area contributed by atoms with Crippen molar-refractivity contribution in [2.45, 2.75) is 0 Å². The van der Waals surface area contributed by atoms with Crippen LogP contribution in [0.25, 0.3) is 0 Å². The topological polar surface area (TPSA) is 55.3 Å². The molecule has 0 atom stereocenters. The first kappa shape index (κ1) is 18.2. The molecule has 0 unspecified atom stereocenters. The maximum atomic E-state index is 6.04. The zero-order chi connectivity index (χ0) is 18.0. The van der Waals surface area contributed by atoms with Crippen molar-refractivity contribution in [3.8, 4) is 11.5 Å². The van der Waals surface area contributed by atoms with E-state index in [9.17, 15) is 0 Å². The summed E-state index contributed by atoms with van der Waals surface area (Å²) in [6.45, 7) is 4.93. The van der Waals surface area contributed by atoms with E-state index in [1.165, 1.54) is 0 Å². The molecule has 0 aliphatic carbocycles. The Kier molecular flexibility index (Phi) is 6.87. The molecule has 1 fully saturated rings. The molecule has 138 valence electrons. The van der Waals surface area contributed by atoms with E-state index in [1.54, 1.807) is 13.3 Å². The van der Waals surface area contributed by atoms with Crippen LogP contribution >= 0.6 is 0 Å². The van der Waals surface area contributed by atoms with Gasteiger partial charge in [-0.25, -0.2) is 0 Å². The van der Waals surface area contributed by atoms with Crippen molar-refractivity contribution >= 4 is 11.9 Å². The van der Waals surface area contributed by atoms with Gasteiger partial charge in [-0.05, 0) is 24.3 Å². The summed E-state index contributed by atoms with van der Waals surface area (Å²) >= 11 is 0. The number of methoxy groups -OCH3 is 1. The van der Waals surface area contributed by atoms with Gasteiger partial charge in [-0.2, -0.15) is 5.10 Å². The molecule has 0 saturated carbocycles. The fourth-order valence-electron chi connectivity index (χ4n) is 2.74. The highest BCUT2D eigenvalue weighted by Crippen LogP contribution is 2.30. The molecule has 0 amide bonds. The molecular formula is C20H25N3O3. The van der Waals surface area contributed by atoms with E-state index in [-0.39, 0.29) is 0 Å². The molecule has 1 aliphatic heterocycles. The number of ether oxygens (including phenoxy) is 3. The summed E-state index contributed by atoms with van der Waals surface area (Å²) in [4.78, 5) is 2.34. The van der Waals surface area contributed by atoms with Crippen molar-refractivity contribution in [1.29, 1.82) is 0 Å². The van der Waals surface area contributed by atoms with Gasteiger partial charge >= 0.3 is 0 Å². The number of para-hydroxylation sites is 2. The van der Waals surface area contributed by atoms with Crippen LogP contribution in [-0.4, -0.2) is 57.7 Å². The highest BCUT2D eigenvalue weighted by molar-refractivity contribution is 5.85. The lowest BCUT2D eigenvalue weighted by molar-refractivity contribution is 0.0321. The van der Waals surface area contributed by atoms with Crippen LogP contribution in [0.2, 0.25) is 0 Å². The lowest BCUT2D eigenvalue weighted by atomic mass is 10.2. The number of hydrogen-bond acceptors (Lipinski definition) is 6. The lowest BCUT2D eigenvalue weighted by Gasteiger charge is -2.26. The summed E-state index contributed by atoms with van der Waals surface area (Å²) in [5.41, 5.74) is 4.82. The van der Waals surface area contributed by atoms with Gasteiger partial charge in [0.1, 0.15) is 6.61 Å². The van der Waals surface area contributed by atoms with Gasteiger partial charge in [-0.3, -0.25) is 10.3 Å². The standard InChI is InChI=1S/C20H25N3O3/c1-24-19-9-5-6-17(16-21-22-18-7-3-2-4-8-18)20(19)26-15-12-23-10-13-25-14-11-23/h2-9,16,22H,10-15H2,1H3. The van der Waals surface area contributed by atoms with E-state index in [2.05, 4.69) is 15.4 Å². The van der Waals surface area contributed by atoms with Crippen molar-refractivity contribution in [2.24, 2.45) is 5.10 Å². The van der Waals surface area contributed by atoms with Gasteiger partial charge in [0.05, 0.1) is 32.2 Å². The fourth-order valence-corrected chi connectivity index (χ4v) is 2.74. The van der Waals surface area contributed by atoms with Gasteiger partial charge in [0.2, 0.25) is 0 Å². The molecule has 0 spiro atoms. The highest BCUT2D eigenvalue weighted by Gasteiger charge is 2.12. The van der Waals surface area contributed by atoms with Crippen LogP contribution in [0.4, 0.5) is 5.69 Å². The Morgan fingerprint density at radius 2 is 1.92 bits per heavy atom. The molecule has 1 aliphatic rings. The van der Waals surface area contributed by atoms with Gasteiger partial charge in [-0.15, -0.1) is 0 Å². The lowest BCUT2D eigenvalue weighted by Crippen LogP contribution is -2.38. The molecule has 6 heteroatoms. The quantitative estimate of drug-likeness (QED) is 0.583. The van der Waals surface area contributed by atoms with Gasteiger partial charge in [-0.1, -0.05) is 24.3 Å². The van der Waals surface area contributed by atoms with E-state index in [1.807, 2.05) is 48.5 Å². The Balaban J connectivity index is 1.63. The van der Waals surface area contributed by atoms with E-state index in [0.29, 0.717) is 18.1 Å². The average molecular weight is 355 g/mol. The van der Waals surface area contributed by atoms with Crippen LogP contribution in [-0.2, 0) is 4.74 Å². The number of nitrogens with one attached hydrogen (secondary N) is 1. The summed E-state index contributed by atoms with van der Waals surface area (Å²) in [5, 5.41) is 4.31. The second kappa shape index (κ2) is 9.79. The van der Waals surface area contributed by atoms with E-state index in [0.717, 1.165) is 44.1 Å². The van der Waals surface area contributed by atoms with Crippen molar-refractivity contribution < 1.29 is 14.2 Å². The summed E-state index contributed by atoms with van der Waals surface area (Å²) in [6, 6.07) is 15.6. The van der Waals surface area contributed by atoms with Gasteiger partial charge in [0, 0.05) is 25.2 Å². The zero-order valence-electron chi connectivity index (χ0n) is 15.1. The minimum Gasteiger partial charge on any atom is -0.493 e. The SMILES string of the molecule is COc1cccc(C=NNc2ccccc2)c1OCCN1CCOCC1. The normalized spacial score (nSPS) is 15.1. The first-order chi connectivity index (χ1) is 12.9. The van der Waals surface area contributed by atoms with E-state index in [4.69, 9.17) is 14.2 Å². The molecule has 0 radical (unpaired) electrons. The third-order valence-corrected chi connectivity index (χ3v) is 4.16. The predicted molar refractivity (Wildman–Crippen MR) is 103 cm³/mol. The zero-order valence-corrected chi connectivity index (χ0v) is 15.1. The van der Waals surface area contributed by atoms with Crippen molar-refractivity contribution in [3.63, 3.8) is 0 Å². The van der Waals surface area contributed by atoms with Crippen LogP contribution in [0, 0.1) is 0 Å². The van der Waals surface area contributed by atoms with Crippen LogP contribution in [0.3, 0.4) is 0 Å². The second-order valence-electron chi connectivity index (χ2n) is 5.92. The van der Waals surface area contributed by atoms with Gasteiger partial charge in [0.15, 0.2) is 11.5 Å². The number of benzene rings is 2. The minimum absolute atomic E-state index is 0.591. The van der Waals surface area contributed by atoms with Gasteiger partial charge < -0.3 is 14.2 Å². The third-order valence-electron chi connectivity index (χ3n) is 4.16. The molecule has 3 rings (SSSR count). The predicted octanol–water partition coefficient (Wildman–Crippen LogP) is 2.85. The Morgan fingerprint density at radius 3 is 2.69 bits per heavy atom. The molecule has 1 heterocycles. The molecule has 0 bridgehead atoms. The molecule has 2 aromatic carbocycles. The van der Waals surface area contributed by atoms with Crippen LogP contribution in [0.1, 0.15) is 5.56 Å². The van der Waals surface area contributed by atoms with E-state index < -0.39 is 0 Å². The largest absolute Gasteiger partial charge is 0.493 e. The third kappa shape index (κ3) is 5.21. The van der Waals surface area contributed by atoms with Crippen LogP contribution in [0.5, 0.6) is 11.5 Å². The van der Waals surface area contributed by atoms with Crippen molar-refractivity contribution in [1.82, 2.24) is 4.90 Å². The number of nitrogens with zero attached hydrogens (tertiary/aromatic N) is 2. The second-order valence-corrected chi connectivity index (χ2v) is 5.92. The molecular weight excluding hydrogens is 330 g/mol. The Hall–Kier alpha value is -2.57. The van der Waals surface area contributed by atoms with Crippen LogP contribution < -0.4 is 14.9 Å². The number of anilines is 1. The highest BCUT2D eigenvalue weighted by atomic mass is 16.5. The van der Waals surface area contributed by atoms with Crippen molar-refractivity contribution in [2.75, 3.05) is 52.0 Å². The first-order valence-electron chi connectivity index (χ1n) is 8.81. The molecule has 26 heavy (non-hydrogen) atoms. The first-order valence-corrected chi connectivity index (χ1v) is 8.81. The Morgan fingerprint density at radius 1 is 1.12 bits per heavy atom. The summed E-state index contributed by atoms with van der Waals surface area (Å²) in [7, 11) is 1.65. The molecule has 6 nitrogen and oxygen atoms in total. The maximum absolute atomic E-state index is 6.04. The van der Waals surface area contributed by atoms with Crippen molar-refractivity contribution in [3.05, 3.63) is 54.1 Å². The monoisotopic (exact) mass is 355 g/mol. The number of rotatable bonds is 8. The average Bonchev–Trinajstić information content (AvgIpc) is 2.70. The summed E-state index contributed by atoms with van der Waals surface area (Å²) in [5.74, 6) is 1.41.